The number of hydrogen-bond acceptors (Lipinski definition) is 5. The fourth-order valence-corrected chi connectivity index (χ4v) is 2.84. The first-order valence-electron chi connectivity index (χ1n) is 10.3. The van der Waals surface area contributed by atoms with Gasteiger partial charge < -0.3 is 26.8 Å². The Bertz CT molecular complexity index is 871. The number of amides is 3. The molecule has 8 heteroatoms. The highest BCUT2D eigenvalue weighted by Crippen LogP contribution is 2.22. The molecule has 0 aromatic heterocycles. The second-order valence-corrected chi connectivity index (χ2v) is 7.32. The minimum atomic E-state index is -1.07. The molecule has 0 spiro atoms. The second-order valence-electron chi connectivity index (χ2n) is 7.32. The Balaban J connectivity index is 1.72. The predicted octanol–water partition coefficient (Wildman–Crippen LogP) is 2.86. The third kappa shape index (κ3) is 8.57. The van der Waals surface area contributed by atoms with E-state index in [1.165, 1.54) is 6.92 Å². The fraction of sp³-hybridized carbons (Fsp3) is 0.348. The lowest BCUT2D eigenvalue weighted by Crippen LogP contribution is -2.43. The molecule has 0 fully saturated rings. The van der Waals surface area contributed by atoms with E-state index in [0.717, 1.165) is 12.1 Å². The number of anilines is 3. The number of unbranched alkanes of at least 4 members (excludes halogenated alkanes) is 2. The molecule has 2 atom stereocenters. The summed E-state index contributed by atoms with van der Waals surface area (Å²) in [7, 11) is 0. The lowest BCUT2D eigenvalue weighted by molar-refractivity contribution is -0.119. The minimum Gasteiger partial charge on any atom is -0.391 e. The van der Waals surface area contributed by atoms with Gasteiger partial charge in [0.05, 0.1) is 17.5 Å². The van der Waals surface area contributed by atoms with E-state index in [1.807, 2.05) is 30.3 Å². The highest BCUT2D eigenvalue weighted by molar-refractivity contribution is 6.01. The van der Waals surface area contributed by atoms with Crippen LogP contribution in [0, 0.1) is 0 Å². The zero-order valence-corrected chi connectivity index (χ0v) is 17.6. The number of aliphatic hydroxyl groups excluding tert-OH is 1. The zero-order valence-electron chi connectivity index (χ0n) is 17.6. The van der Waals surface area contributed by atoms with Gasteiger partial charge in [-0.1, -0.05) is 36.8 Å². The summed E-state index contributed by atoms with van der Waals surface area (Å²) in [6, 6.07) is 15.0. The van der Waals surface area contributed by atoms with Gasteiger partial charge in [0.1, 0.15) is 6.04 Å². The standard InChI is InChI=1S/C23H30N4O4/c1-16(28)22(24)23(31)27-19-13-9-8-12-18(19)26-21(30)15-7-3-6-14-20(29)25-17-10-4-2-5-11-17/h2,4-5,8-13,16,22,28H,3,6-7,14-15,24H2,1H3,(H,25,29)(H,26,30)(H,27,31)/t16-,22+/m1/s1. The van der Waals surface area contributed by atoms with E-state index in [2.05, 4.69) is 16.0 Å². The van der Waals surface area contributed by atoms with Gasteiger partial charge in [0.25, 0.3) is 0 Å². The molecule has 3 amide bonds. The summed E-state index contributed by atoms with van der Waals surface area (Å²) >= 11 is 0. The van der Waals surface area contributed by atoms with Gasteiger partial charge in [-0.25, -0.2) is 0 Å². The van der Waals surface area contributed by atoms with Gasteiger partial charge in [-0.05, 0) is 44.0 Å². The van der Waals surface area contributed by atoms with E-state index in [0.29, 0.717) is 37.1 Å². The lowest BCUT2D eigenvalue weighted by atomic mass is 10.1. The van der Waals surface area contributed by atoms with Gasteiger partial charge in [-0.3, -0.25) is 14.4 Å². The van der Waals surface area contributed by atoms with E-state index < -0.39 is 18.1 Å². The van der Waals surface area contributed by atoms with Crippen LogP contribution in [0.15, 0.2) is 54.6 Å². The molecular formula is C23H30N4O4. The minimum absolute atomic E-state index is 0.0456. The van der Waals surface area contributed by atoms with Crippen molar-refractivity contribution >= 4 is 34.8 Å². The number of benzene rings is 2. The Morgan fingerprint density at radius 3 is 1.90 bits per heavy atom. The highest BCUT2D eigenvalue weighted by atomic mass is 16.3. The van der Waals surface area contributed by atoms with Crippen molar-refractivity contribution in [2.45, 2.75) is 51.2 Å². The molecule has 0 aliphatic rings. The average Bonchev–Trinajstić information content (AvgIpc) is 2.74. The summed E-state index contributed by atoms with van der Waals surface area (Å²) in [6.07, 6.45) is 1.79. The molecule has 2 aromatic carbocycles. The second kappa shape index (κ2) is 12.5. The Morgan fingerprint density at radius 2 is 1.32 bits per heavy atom. The molecular weight excluding hydrogens is 396 g/mol. The molecule has 0 aliphatic heterocycles. The number of hydrogen-bond donors (Lipinski definition) is 5. The summed E-state index contributed by atoms with van der Waals surface area (Å²) < 4.78 is 0. The summed E-state index contributed by atoms with van der Waals surface area (Å²) in [5.41, 5.74) is 7.28. The maximum Gasteiger partial charge on any atom is 0.244 e. The van der Waals surface area contributed by atoms with Gasteiger partial charge in [0.2, 0.25) is 17.7 Å². The van der Waals surface area contributed by atoms with Crippen LogP contribution >= 0.6 is 0 Å². The maximum atomic E-state index is 12.3. The van der Waals surface area contributed by atoms with Crippen molar-refractivity contribution in [2.24, 2.45) is 5.73 Å². The molecule has 6 N–H and O–H groups in total. The van der Waals surface area contributed by atoms with Crippen LogP contribution in [0.1, 0.15) is 39.0 Å². The van der Waals surface area contributed by atoms with Crippen LogP contribution in [0.25, 0.3) is 0 Å². The highest BCUT2D eigenvalue weighted by Gasteiger charge is 2.20. The topological polar surface area (TPSA) is 134 Å². The SMILES string of the molecule is C[C@@H](O)[C@H](N)C(=O)Nc1ccccc1NC(=O)CCCCCC(=O)Nc1ccccc1. The van der Waals surface area contributed by atoms with Crippen LogP contribution in [-0.2, 0) is 14.4 Å². The summed E-state index contributed by atoms with van der Waals surface area (Å²) in [5, 5.41) is 17.7. The smallest absolute Gasteiger partial charge is 0.244 e. The third-order valence-electron chi connectivity index (χ3n) is 4.65. The molecule has 2 rings (SSSR count). The first kappa shape index (κ1) is 24.0. The lowest BCUT2D eigenvalue weighted by Gasteiger charge is -2.17. The third-order valence-corrected chi connectivity index (χ3v) is 4.65. The predicted molar refractivity (Wildman–Crippen MR) is 122 cm³/mol. The van der Waals surface area contributed by atoms with Crippen molar-refractivity contribution in [1.29, 1.82) is 0 Å². The number of rotatable bonds is 11. The van der Waals surface area contributed by atoms with Crippen LogP contribution in [0.4, 0.5) is 17.1 Å². The first-order valence-corrected chi connectivity index (χ1v) is 10.3. The van der Waals surface area contributed by atoms with E-state index in [1.54, 1.807) is 24.3 Å². The van der Waals surface area contributed by atoms with Crippen molar-refractivity contribution in [3.8, 4) is 0 Å². The van der Waals surface area contributed by atoms with Crippen molar-refractivity contribution in [1.82, 2.24) is 0 Å². The normalized spacial score (nSPS) is 12.5. The van der Waals surface area contributed by atoms with E-state index in [9.17, 15) is 19.5 Å². The molecule has 0 radical (unpaired) electrons. The molecule has 31 heavy (non-hydrogen) atoms. The van der Waals surface area contributed by atoms with Crippen LogP contribution in [-0.4, -0.2) is 35.0 Å². The summed E-state index contributed by atoms with van der Waals surface area (Å²) in [5.74, 6) is -0.767. The Hall–Kier alpha value is -3.23. The van der Waals surface area contributed by atoms with Crippen molar-refractivity contribution in [2.75, 3.05) is 16.0 Å². The number of nitrogens with two attached hydrogens (primary N) is 1. The Kier molecular flexibility index (Phi) is 9.67. The molecule has 166 valence electrons. The maximum absolute atomic E-state index is 12.3. The molecule has 0 saturated heterocycles. The molecule has 0 saturated carbocycles. The number of carbonyl (C=O) groups excluding carboxylic acids is 3. The van der Waals surface area contributed by atoms with Gasteiger partial charge >= 0.3 is 0 Å². The molecule has 0 bridgehead atoms. The zero-order chi connectivity index (χ0) is 22.6. The Labute approximate surface area is 182 Å². The van der Waals surface area contributed by atoms with Crippen molar-refractivity contribution in [3.63, 3.8) is 0 Å². The Morgan fingerprint density at radius 1 is 0.806 bits per heavy atom. The molecule has 0 heterocycles. The number of para-hydroxylation sites is 3. The van der Waals surface area contributed by atoms with Crippen LogP contribution < -0.4 is 21.7 Å². The molecule has 8 nitrogen and oxygen atoms in total. The largest absolute Gasteiger partial charge is 0.391 e. The number of nitrogens with one attached hydrogen (secondary N) is 3. The molecule has 0 aliphatic carbocycles. The van der Waals surface area contributed by atoms with Crippen LogP contribution in [0.3, 0.4) is 0 Å². The first-order chi connectivity index (χ1) is 14.9. The number of aliphatic hydroxyl groups is 1. The van der Waals surface area contributed by atoms with E-state index in [-0.39, 0.29) is 11.8 Å². The quantitative estimate of drug-likeness (QED) is 0.352. The van der Waals surface area contributed by atoms with Gasteiger partial charge in [0, 0.05) is 18.5 Å². The van der Waals surface area contributed by atoms with Crippen LogP contribution in [0.5, 0.6) is 0 Å². The average molecular weight is 427 g/mol. The van der Waals surface area contributed by atoms with Gasteiger partial charge in [-0.2, -0.15) is 0 Å². The molecule has 2 aromatic rings. The van der Waals surface area contributed by atoms with Gasteiger partial charge in [-0.15, -0.1) is 0 Å². The van der Waals surface area contributed by atoms with Crippen molar-refractivity contribution in [3.05, 3.63) is 54.6 Å². The monoisotopic (exact) mass is 426 g/mol. The fourth-order valence-electron chi connectivity index (χ4n) is 2.84. The summed E-state index contributed by atoms with van der Waals surface area (Å²) in [4.78, 5) is 36.2. The molecule has 0 unspecified atom stereocenters. The van der Waals surface area contributed by atoms with Crippen molar-refractivity contribution < 1.29 is 19.5 Å². The van der Waals surface area contributed by atoms with E-state index >= 15 is 0 Å². The number of carbonyl (C=O) groups is 3. The van der Waals surface area contributed by atoms with Gasteiger partial charge in [0.15, 0.2) is 0 Å². The summed E-state index contributed by atoms with van der Waals surface area (Å²) in [6.45, 7) is 1.43. The van der Waals surface area contributed by atoms with E-state index in [4.69, 9.17) is 5.73 Å². The van der Waals surface area contributed by atoms with Crippen LogP contribution in [0.2, 0.25) is 0 Å².